The Morgan fingerprint density at radius 3 is 1.10 bits per heavy atom. The van der Waals surface area contributed by atoms with Crippen LogP contribution in [0.15, 0.2) is 0 Å². The average molecular weight is 448 g/mol. The number of rotatable bonds is 17. The molecule has 0 spiro atoms. The Morgan fingerprint density at radius 1 is 0.586 bits per heavy atom. The molecule has 0 heterocycles. The van der Waals surface area contributed by atoms with Gasteiger partial charge in [0.05, 0.1) is 6.61 Å². The smallest absolute Gasteiger partial charge is 0.337 e. The lowest BCUT2D eigenvalue weighted by Crippen LogP contribution is -2.54. The fourth-order valence-corrected chi connectivity index (χ4v) is 2.85. The third-order valence-electron chi connectivity index (χ3n) is 4.21. The van der Waals surface area contributed by atoms with Gasteiger partial charge in [-0.1, -0.05) is 90.4 Å². The van der Waals surface area contributed by atoms with Crippen molar-refractivity contribution in [1.29, 1.82) is 0 Å². The predicted octanol–water partition coefficient (Wildman–Crippen LogP) is 1.82. The van der Waals surface area contributed by atoms with Crippen LogP contribution in [0.1, 0.15) is 96.8 Å². The molecule has 0 aromatic heterocycles. The standard InChI is InChI=1S/C16H35O4P.C2H6O6/c1-2-3-4-5-6-7-8-9-10-11-12-13-14-15-16-20-21(17,18)19;3-1(4,5)2(6,7)8/h2-16H2,1H3,(H2,17,18,19);3-8H. The SMILES string of the molecule is CCCCCCCCCCCCCCCCOP(=O)(O)O.OC(O)(O)C(O)(O)O. The van der Waals surface area contributed by atoms with Gasteiger partial charge in [-0.25, -0.2) is 4.57 Å². The van der Waals surface area contributed by atoms with Crippen LogP contribution in [-0.2, 0) is 9.09 Å². The molecule has 0 bridgehead atoms. The van der Waals surface area contributed by atoms with Crippen LogP contribution in [0.4, 0.5) is 0 Å². The predicted molar refractivity (Wildman–Crippen MR) is 107 cm³/mol. The molecule has 0 fully saturated rings. The summed E-state index contributed by atoms with van der Waals surface area (Å²) in [7, 11) is -4.25. The summed E-state index contributed by atoms with van der Waals surface area (Å²) in [5.74, 6) is -7.79. The zero-order chi connectivity index (χ0) is 22.8. The maximum Gasteiger partial charge on any atom is 0.469 e. The monoisotopic (exact) mass is 448 g/mol. The van der Waals surface area contributed by atoms with E-state index in [0.29, 0.717) is 0 Å². The normalized spacial score (nSPS) is 12.6. The number of phosphoric ester groups is 1. The minimum Gasteiger partial charge on any atom is -0.337 e. The van der Waals surface area contributed by atoms with Gasteiger partial charge in [0.2, 0.25) is 0 Å². The first-order valence-electron chi connectivity index (χ1n) is 10.4. The molecule has 0 aliphatic heterocycles. The number of phosphoric acid groups is 1. The zero-order valence-corrected chi connectivity index (χ0v) is 18.3. The number of hydrogen-bond donors (Lipinski definition) is 8. The van der Waals surface area contributed by atoms with E-state index in [0.717, 1.165) is 19.3 Å². The van der Waals surface area contributed by atoms with E-state index >= 15 is 0 Å². The summed E-state index contributed by atoms with van der Waals surface area (Å²) in [6.45, 7) is 2.42. The molecule has 178 valence electrons. The molecule has 8 N–H and O–H groups in total. The van der Waals surface area contributed by atoms with E-state index in [1.807, 2.05) is 0 Å². The lowest BCUT2D eigenvalue weighted by molar-refractivity contribution is -0.512. The summed E-state index contributed by atoms with van der Waals surface area (Å²) < 4.78 is 14.8. The maximum atomic E-state index is 10.4. The van der Waals surface area contributed by atoms with E-state index in [-0.39, 0.29) is 6.61 Å². The second kappa shape index (κ2) is 17.5. The van der Waals surface area contributed by atoms with Gasteiger partial charge in [-0.2, -0.15) is 0 Å². The van der Waals surface area contributed by atoms with E-state index in [1.54, 1.807) is 0 Å². The summed E-state index contributed by atoms with van der Waals surface area (Å²) in [6, 6.07) is 0. The molecule has 29 heavy (non-hydrogen) atoms. The first-order chi connectivity index (χ1) is 13.3. The molecule has 0 amide bonds. The van der Waals surface area contributed by atoms with E-state index in [9.17, 15) is 4.57 Å². The van der Waals surface area contributed by atoms with Crippen molar-refractivity contribution in [2.24, 2.45) is 0 Å². The van der Waals surface area contributed by atoms with Gasteiger partial charge in [0.15, 0.2) is 0 Å². The van der Waals surface area contributed by atoms with Crippen LogP contribution >= 0.6 is 7.82 Å². The quantitative estimate of drug-likeness (QED) is 0.0926. The van der Waals surface area contributed by atoms with Crippen LogP contribution in [0.25, 0.3) is 0 Å². The van der Waals surface area contributed by atoms with Crippen LogP contribution in [0.3, 0.4) is 0 Å². The highest BCUT2D eigenvalue weighted by atomic mass is 31.2. The average Bonchev–Trinajstić information content (AvgIpc) is 2.56. The maximum absolute atomic E-state index is 10.4. The van der Waals surface area contributed by atoms with Crippen LogP contribution < -0.4 is 0 Å². The van der Waals surface area contributed by atoms with E-state index in [4.69, 9.17) is 40.4 Å². The summed E-state index contributed by atoms with van der Waals surface area (Å²) in [4.78, 5) is 17.0. The Labute approximate surface area is 173 Å². The van der Waals surface area contributed by atoms with Crippen LogP contribution in [0.5, 0.6) is 0 Å². The number of aliphatic hydroxyl groups is 6. The summed E-state index contributed by atoms with van der Waals surface area (Å²) in [5, 5.41) is 46.3. The minimum atomic E-state index is -4.25. The summed E-state index contributed by atoms with van der Waals surface area (Å²) in [6.07, 6.45) is 17.8. The molecule has 0 atom stereocenters. The molecule has 0 aliphatic rings. The Morgan fingerprint density at radius 2 is 0.862 bits per heavy atom. The van der Waals surface area contributed by atoms with Crippen molar-refractivity contribution in [1.82, 2.24) is 0 Å². The Hall–Kier alpha value is -0.130. The zero-order valence-electron chi connectivity index (χ0n) is 17.4. The summed E-state index contributed by atoms with van der Waals surface area (Å²) >= 11 is 0. The van der Waals surface area contributed by atoms with Crippen molar-refractivity contribution in [3.63, 3.8) is 0 Å². The fraction of sp³-hybridized carbons (Fsp3) is 1.00. The molecular formula is C18H41O10P. The van der Waals surface area contributed by atoms with Gasteiger partial charge in [-0.05, 0) is 6.42 Å². The molecule has 0 saturated heterocycles. The van der Waals surface area contributed by atoms with Gasteiger partial charge < -0.3 is 40.4 Å². The summed E-state index contributed by atoms with van der Waals surface area (Å²) in [5.41, 5.74) is 0. The first-order valence-corrected chi connectivity index (χ1v) is 11.9. The van der Waals surface area contributed by atoms with Gasteiger partial charge in [0, 0.05) is 0 Å². The fourth-order valence-electron chi connectivity index (χ4n) is 2.48. The van der Waals surface area contributed by atoms with Gasteiger partial charge >= 0.3 is 19.8 Å². The van der Waals surface area contributed by atoms with Gasteiger partial charge in [0.1, 0.15) is 0 Å². The van der Waals surface area contributed by atoms with Gasteiger partial charge in [-0.3, -0.25) is 4.52 Å². The minimum absolute atomic E-state index is 0.169. The molecular weight excluding hydrogens is 407 g/mol. The van der Waals surface area contributed by atoms with E-state index < -0.39 is 19.8 Å². The van der Waals surface area contributed by atoms with Crippen molar-refractivity contribution in [2.75, 3.05) is 6.61 Å². The van der Waals surface area contributed by atoms with Gasteiger partial charge in [0.25, 0.3) is 0 Å². The Bertz CT molecular complexity index is 388. The Kier molecular flexibility index (Phi) is 18.8. The van der Waals surface area contributed by atoms with E-state index in [2.05, 4.69) is 11.4 Å². The molecule has 0 aromatic rings. The third kappa shape index (κ3) is 25.8. The molecule has 0 saturated carbocycles. The molecule has 0 aliphatic carbocycles. The second-order valence-electron chi connectivity index (χ2n) is 7.19. The highest BCUT2D eigenvalue weighted by Gasteiger charge is 2.44. The lowest BCUT2D eigenvalue weighted by Gasteiger charge is -2.23. The number of unbranched alkanes of at least 4 members (excludes halogenated alkanes) is 13. The second-order valence-corrected chi connectivity index (χ2v) is 8.43. The molecule has 0 aromatic carbocycles. The van der Waals surface area contributed by atoms with Crippen LogP contribution in [0.2, 0.25) is 0 Å². The highest BCUT2D eigenvalue weighted by Crippen LogP contribution is 2.35. The van der Waals surface area contributed by atoms with Crippen LogP contribution in [-0.4, -0.2) is 59.0 Å². The molecule has 11 heteroatoms. The first kappa shape index (κ1) is 31.1. The van der Waals surface area contributed by atoms with Crippen molar-refractivity contribution < 1.29 is 49.5 Å². The lowest BCUT2D eigenvalue weighted by atomic mass is 10.0. The van der Waals surface area contributed by atoms with E-state index in [1.165, 1.54) is 70.6 Å². The van der Waals surface area contributed by atoms with Crippen molar-refractivity contribution in [2.45, 2.75) is 109 Å². The Balaban J connectivity index is 0. The molecule has 0 rings (SSSR count). The van der Waals surface area contributed by atoms with Gasteiger partial charge in [-0.15, -0.1) is 0 Å². The largest absolute Gasteiger partial charge is 0.469 e. The third-order valence-corrected chi connectivity index (χ3v) is 4.73. The van der Waals surface area contributed by atoms with Crippen molar-refractivity contribution >= 4 is 7.82 Å². The van der Waals surface area contributed by atoms with Crippen molar-refractivity contribution in [3.05, 3.63) is 0 Å². The van der Waals surface area contributed by atoms with Crippen molar-refractivity contribution in [3.8, 4) is 0 Å². The highest BCUT2D eigenvalue weighted by molar-refractivity contribution is 7.46. The number of hydrogen-bond acceptors (Lipinski definition) is 8. The molecule has 0 radical (unpaired) electrons. The van der Waals surface area contributed by atoms with Crippen LogP contribution in [0, 0.1) is 0 Å². The molecule has 0 unspecified atom stereocenters. The topological polar surface area (TPSA) is 188 Å². The molecule has 10 nitrogen and oxygen atoms in total.